The summed E-state index contributed by atoms with van der Waals surface area (Å²) in [6.07, 6.45) is 2.27. The van der Waals surface area contributed by atoms with Crippen molar-refractivity contribution < 1.29 is 31.9 Å². The molecule has 33 heavy (non-hydrogen) atoms. The molecule has 4 rings (SSSR count). The molecular weight excluding hydrogens is 453 g/mol. The van der Waals surface area contributed by atoms with Gasteiger partial charge in [-0.2, -0.15) is 4.31 Å². The van der Waals surface area contributed by atoms with E-state index in [9.17, 15) is 27.2 Å². The first kappa shape index (κ1) is 22.9. The van der Waals surface area contributed by atoms with Gasteiger partial charge in [-0.1, -0.05) is 18.6 Å². The quantitative estimate of drug-likeness (QED) is 0.663. The van der Waals surface area contributed by atoms with E-state index >= 15 is 0 Å². The van der Waals surface area contributed by atoms with Gasteiger partial charge in [0, 0.05) is 13.1 Å². The lowest BCUT2D eigenvalue weighted by Gasteiger charge is -2.28. The Balaban J connectivity index is 1.48. The van der Waals surface area contributed by atoms with Crippen molar-refractivity contribution >= 4 is 39.2 Å². The molecule has 0 aliphatic carbocycles. The lowest BCUT2D eigenvalue weighted by molar-refractivity contribution is -0.124. The number of amides is 2. The molecule has 1 saturated heterocycles. The van der Waals surface area contributed by atoms with Crippen molar-refractivity contribution in [3.05, 3.63) is 53.8 Å². The highest BCUT2D eigenvalue weighted by Gasteiger charge is 2.30. The second-order valence-electron chi connectivity index (χ2n) is 7.73. The van der Waals surface area contributed by atoms with Crippen LogP contribution >= 0.6 is 0 Å². The Kier molecular flexibility index (Phi) is 6.43. The highest BCUT2D eigenvalue weighted by molar-refractivity contribution is 7.89. The van der Waals surface area contributed by atoms with E-state index in [0.29, 0.717) is 24.2 Å². The van der Waals surface area contributed by atoms with Crippen LogP contribution in [-0.2, 0) is 24.3 Å². The molecule has 174 valence electrons. The SMILES string of the molecule is O=C1CN(C(=O)COC(=O)c2ccc(F)c(S(=O)(=O)N3CCCCC3)c2)c2ccccc2N1. The van der Waals surface area contributed by atoms with E-state index in [2.05, 4.69) is 5.32 Å². The van der Waals surface area contributed by atoms with Crippen molar-refractivity contribution in [2.24, 2.45) is 0 Å². The van der Waals surface area contributed by atoms with Gasteiger partial charge in [0.25, 0.3) is 5.91 Å². The summed E-state index contributed by atoms with van der Waals surface area (Å²) in [6.45, 7) is -0.333. The molecular formula is C22H22FN3O6S. The third-order valence-electron chi connectivity index (χ3n) is 5.50. The van der Waals surface area contributed by atoms with Gasteiger partial charge in [0.15, 0.2) is 6.61 Å². The number of carbonyl (C=O) groups excluding carboxylic acids is 3. The molecule has 2 heterocycles. The zero-order chi connectivity index (χ0) is 23.6. The predicted molar refractivity (Wildman–Crippen MR) is 117 cm³/mol. The summed E-state index contributed by atoms with van der Waals surface area (Å²) in [6, 6.07) is 9.60. The topological polar surface area (TPSA) is 113 Å². The van der Waals surface area contributed by atoms with Crippen LogP contribution in [0, 0.1) is 5.82 Å². The highest BCUT2D eigenvalue weighted by Crippen LogP contribution is 2.29. The van der Waals surface area contributed by atoms with Crippen molar-refractivity contribution in [2.45, 2.75) is 24.2 Å². The summed E-state index contributed by atoms with van der Waals surface area (Å²) in [5.41, 5.74) is 0.728. The number of nitrogens with one attached hydrogen (secondary N) is 1. The van der Waals surface area contributed by atoms with Crippen molar-refractivity contribution in [2.75, 3.05) is 36.5 Å². The summed E-state index contributed by atoms with van der Waals surface area (Å²) in [7, 11) is -4.11. The largest absolute Gasteiger partial charge is 0.452 e. The minimum Gasteiger partial charge on any atom is -0.452 e. The number of hydrogen-bond acceptors (Lipinski definition) is 6. The van der Waals surface area contributed by atoms with Crippen LogP contribution in [0.1, 0.15) is 29.6 Å². The summed E-state index contributed by atoms with van der Waals surface area (Å²) in [5.74, 6) is -2.97. The minimum atomic E-state index is -4.11. The average Bonchev–Trinajstić information content (AvgIpc) is 2.82. The number of anilines is 2. The Morgan fingerprint density at radius 3 is 2.55 bits per heavy atom. The zero-order valence-electron chi connectivity index (χ0n) is 17.6. The zero-order valence-corrected chi connectivity index (χ0v) is 18.4. The molecule has 11 heteroatoms. The van der Waals surface area contributed by atoms with E-state index in [1.54, 1.807) is 24.3 Å². The van der Waals surface area contributed by atoms with E-state index in [-0.39, 0.29) is 31.1 Å². The number of ether oxygens (including phenoxy) is 1. The number of rotatable bonds is 5. The summed E-state index contributed by atoms with van der Waals surface area (Å²) >= 11 is 0. The Labute approximate surface area is 190 Å². The molecule has 0 aromatic heterocycles. The van der Waals surface area contributed by atoms with Crippen LogP contribution in [0.15, 0.2) is 47.4 Å². The number of carbonyl (C=O) groups is 3. The maximum absolute atomic E-state index is 14.4. The molecule has 0 spiro atoms. The second kappa shape index (κ2) is 9.28. The first-order valence-corrected chi connectivity index (χ1v) is 11.9. The van der Waals surface area contributed by atoms with E-state index in [1.165, 1.54) is 9.21 Å². The van der Waals surface area contributed by atoms with E-state index in [0.717, 1.165) is 24.6 Å². The van der Waals surface area contributed by atoms with Crippen LogP contribution in [0.25, 0.3) is 0 Å². The van der Waals surface area contributed by atoms with Gasteiger partial charge < -0.3 is 10.1 Å². The normalized spacial score (nSPS) is 16.6. The van der Waals surface area contributed by atoms with Crippen LogP contribution in [0.4, 0.5) is 15.8 Å². The molecule has 2 aromatic rings. The Bertz CT molecular complexity index is 1210. The standard InChI is InChI=1S/C22H22FN3O6S/c23-16-9-8-15(12-19(16)33(30,31)25-10-4-1-5-11-25)22(29)32-14-21(28)26-13-20(27)24-17-6-2-3-7-18(17)26/h2-3,6-9,12H,1,4-5,10-11,13-14H2,(H,24,27). The van der Waals surface area contributed by atoms with Crippen molar-refractivity contribution in [1.29, 1.82) is 0 Å². The Morgan fingerprint density at radius 2 is 1.79 bits per heavy atom. The van der Waals surface area contributed by atoms with E-state index in [1.807, 2.05) is 0 Å². The Morgan fingerprint density at radius 1 is 1.06 bits per heavy atom. The van der Waals surface area contributed by atoms with E-state index < -0.39 is 39.2 Å². The van der Waals surface area contributed by atoms with Gasteiger partial charge in [-0.25, -0.2) is 17.6 Å². The minimum absolute atomic E-state index is 0.198. The summed E-state index contributed by atoms with van der Waals surface area (Å²) in [4.78, 5) is 37.6. The third-order valence-corrected chi connectivity index (χ3v) is 7.41. The monoisotopic (exact) mass is 475 g/mol. The number of benzene rings is 2. The summed E-state index contributed by atoms with van der Waals surface area (Å²) in [5, 5.41) is 2.65. The highest BCUT2D eigenvalue weighted by atomic mass is 32.2. The third kappa shape index (κ3) is 4.74. The number of halogens is 1. The van der Waals surface area contributed by atoms with E-state index in [4.69, 9.17) is 4.74 Å². The lowest BCUT2D eigenvalue weighted by Crippen LogP contribution is -2.44. The van der Waals surface area contributed by atoms with Crippen LogP contribution in [0.5, 0.6) is 0 Å². The summed E-state index contributed by atoms with van der Waals surface area (Å²) < 4.78 is 46.3. The van der Waals surface area contributed by atoms with Gasteiger partial charge in [0.05, 0.1) is 16.9 Å². The van der Waals surface area contributed by atoms with Crippen molar-refractivity contribution in [3.8, 4) is 0 Å². The number of fused-ring (bicyclic) bond motifs is 1. The fourth-order valence-corrected chi connectivity index (χ4v) is 5.42. The number of para-hydroxylation sites is 2. The van der Waals surface area contributed by atoms with Crippen molar-refractivity contribution in [3.63, 3.8) is 0 Å². The molecule has 1 fully saturated rings. The molecule has 0 radical (unpaired) electrons. The molecule has 2 aromatic carbocycles. The molecule has 0 atom stereocenters. The van der Waals surface area contributed by atoms with Gasteiger partial charge >= 0.3 is 5.97 Å². The molecule has 2 amide bonds. The molecule has 0 saturated carbocycles. The van der Waals surface area contributed by atoms with Crippen LogP contribution in [0.3, 0.4) is 0 Å². The van der Waals surface area contributed by atoms with Crippen LogP contribution < -0.4 is 10.2 Å². The second-order valence-corrected chi connectivity index (χ2v) is 9.64. The molecule has 1 N–H and O–H groups in total. The lowest BCUT2D eigenvalue weighted by atomic mass is 10.2. The molecule has 9 nitrogen and oxygen atoms in total. The fraction of sp³-hybridized carbons (Fsp3) is 0.318. The van der Waals surface area contributed by atoms with Gasteiger partial charge in [-0.15, -0.1) is 0 Å². The van der Waals surface area contributed by atoms with Crippen LogP contribution in [-0.4, -0.2) is 56.7 Å². The van der Waals surface area contributed by atoms with Crippen LogP contribution in [0.2, 0.25) is 0 Å². The molecule has 2 aliphatic heterocycles. The number of sulfonamides is 1. The van der Waals surface area contributed by atoms with Gasteiger partial charge in [-0.05, 0) is 43.2 Å². The van der Waals surface area contributed by atoms with Gasteiger partial charge in [0.1, 0.15) is 17.3 Å². The smallest absolute Gasteiger partial charge is 0.338 e. The maximum Gasteiger partial charge on any atom is 0.338 e. The molecule has 0 unspecified atom stereocenters. The predicted octanol–water partition coefficient (Wildman–Crippen LogP) is 2.14. The van der Waals surface area contributed by atoms with Crippen molar-refractivity contribution in [1.82, 2.24) is 4.31 Å². The average molecular weight is 475 g/mol. The first-order chi connectivity index (χ1) is 15.8. The van der Waals surface area contributed by atoms with Gasteiger partial charge in [0.2, 0.25) is 15.9 Å². The number of nitrogens with zero attached hydrogens (tertiary/aromatic N) is 2. The molecule has 0 bridgehead atoms. The number of hydrogen-bond donors (Lipinski definition) is 1. The fourth-order valence-electron chi connectivity index (χ4n) is 3.82. The first-order valence-electron chi connectivity index (χ1n) is 10.4. The number of piperidine rings is 1. The van der Waals surface area contributed by atoms with Gasteiger partial charge in [-0.3, -0.25) is 14.5 Å². The number of esters is 1. The molecule has 2 aliphatic rings. The Hall–Kier alpha value is -3.31. The maximum atomic E-state index is 14.4.